The fourth-order valence-electron chi connectivity index (χ4n) is 1.79. The first-order chi connectivity index (χ1) is 8.63. The molecule has 0 aliphatic carbocycles. The average Bonchev–Trinajstić information content (AvgIpc) is 2.28. The SMILES string of the molecule is Cc1cc(Br)cc(NC(=O)Cc2ccccc2)c1. The van der Waals surface area contributed by atoms with Gasteiger partial charge in [-0.1, -0.05) is 46.3 Å². The van der Waals surface area contributed by atoms with Crippen LogP contribution in [0.4, 0.5) is 5.69 Å². The minimum atomic E-state index is -0.00120. The zero-order valence-electron chi connectivity index (χ0n) is 10.1. The standard InChI is InChI=1S/C15H14BrNO/c1-11-7-13(16)10-14(8-11)17-15(18)9-12-5-3-2-4-6-12/h2-8,10H,9H2,1H3,(H,17,18). The van der Waals surface area contributed by atoms with Gasteiger partial charge >= 0.3 is 0 Å². The Morgan fingerprint density at radius 2 is 1.89 bits per heavy atom. The molecule has 2 rings (SSSR count). The molecule has 0 saturated heterocycles. The largest absolute Gasteiger partial charge is 0.326 e. The van der Waals surface area contributed by atoms with Gasteiger partial charge in [0.1, 0.15) is 0 Å². The maximum absolute atomic E-state index is 11.9. The van der Waals surface area contributed by atoms with Gasteiger partial charge in [-0.25, -0.2) is 0 Å². The van der Waals surface area contributed by atoms with Crippen molar-refractivity contribution in [1.29, 1.82) is 0 Å². The molecular formula is C15H14BrNO. The summed E-state index contributed by atoms with van der Waals surface area (Å²) in [5.41, 5.74) is 2.95. The van der Waals surface area contributed by atoms with Gasteiger partial charge in [0, 0.05) is 10.2 Å². The minimum Gasteiger partial charge on any atom is -0.326 e. The lowest BCUT2D eigenvalue weighted by Gasteiger charge is -2.07. The van der Waals surface area contributed by atoms with Crippen LogP contribution in [0.1, 0.15) is 11.1 Å². The zero-order valence-corrected chi connectivity index (χ0v) is 11.7. The van der Waals surface area contributed by atoms with Crippen molar-refractivity contribution in [1.82, 2.24) is 0 Å². The topological polar surface area (TPSA) is 29.1 Å². The molecule has 0 aliphatic heterocycles. The molecule has 2 nitrogen and oxygen atoms in total. The summed E-state index contributed by atoms with van der Waals surface area (Å²) >= 11 is 3.42. The van der Waals surface area contributed by atoms with Crippen molar-refractivity contribution < 1.29 is 4.79 Å². The second kappa shape index (κ2) is 5.83. The summed E-state index contributed by atoms with van der Waals surface area (Å²) in [5, 5.41) is 2.90. The smallest absolute Gasteiger partial charge is 0.228 e. The number of rotatable bonds is 3. The summed E-state index contributed by atoms with van der Waals surface area (Å²) in [5.74, 6) is -0.00120. The number of halogens is 1. The predicted octanol–water partition coefficient (Wildman–Crippen LogP) is 3.94. The highest BCUT2D eigenvalue weighted by Crippen LogP contribution is 2.19. The Bertz CT molecular complexity index is 531. The third-order valence-electron chi connectivity index (χ3n) is 2.53. The summed E-state index contributed by atoms with van der Waals surface area (Å²) in [6.07, 6.45) is 0.395. The lowest BCUT2D eigenvalue weighted by molar-refractivity contribution is -0.115. The van der Waals surface area contributed by atoms with E-state index in [0.29, 0.717) is 6.42 Å². The molecule has 2 aromatic carbocycles. The first-order valence-corrected chi connectivity index (χ1v) is 6.54. The number of aryl methyl sites for hydroxylation is 1. The molecule has 0 radical (unpaired) electrons. The van der Waals surface area contributed by atoms with E-state index in [4.69, 9.17) is 0 Å². The molecule has 0 aromatic heterocycles. The van der Waals surface area contributed by atoms with Gasteiger partial charge < -0.3 is 5.32 Å². The van der Waals surface area contributed by atoms with E-state index in [1.807, 2.05) is 55.5 Å². The van der Waals surface area contributed by atoms with Crippen molar-refractivity contribution in [2.75, 3.05) is 5.32 Å². The monoisotopic (exact) mass is 303 g/mol. The van der Waals surface area contributed by atoms with Gasteiger partial charge in [0.05, 0.1) is 6.42 Å². The number of amides is 1. The summed E-state index contributed by atoms with van der Waals surface area (Å²) in [6.45, 7) is 2.00. The molecule has 0 aliphatic rings. The Kier molecular flexibility index (Phi) is 4.15. The molecule has 1 amide bonds. The van der Waals surface area contributed by atoms with Gasteiger partial charge in [-0.05, 0) is 36.2 Å². The van der Waals surface area contributed by atoms with Crippen molar-refractivity contribution >= 4 is 27.5 Å². The third kappa shape index (κ3) is 3.70. The summed E-state index contributed by atoms with van der Waals surface area (Å²) in [7, 11) is 0. The van der Waals surface area contributed by atoms with Crippen molar-refractivity contribution in [2.45, 2.75) is 13.3 Å². The van der Waals surface area contributed by atoms with E-state index in [1.165, 1.54) is 0 Å². The normalized spacial score (nSPS) is 10.1. The third-order valence-corrected chi connectivity index (χ3v) is 2.99. The van der Waals surface area contributed by atoms with Gasteiger partial charge in [0.15, 0.2) is 0 Å². The molecule has 3 heteroatoms. The maximum atomic E-state index is 11.9. The molecule has 92 valence electrons. The van der Waals surface area contributed by atoms with Crippen LogP contribution in [0.15, 0.2) is 53.0 Å². The summed E-state index contributed by atoms with van der Waals surface area (Å²) in [4.78, 5) is 11.9. The minimum absolute atomic E-state index is 0.00120. The number of benzene rings is 2. The molecular weight excluding hydrogens is 290 g/mol. The average molecular weight is 304 g/mol. The van der Waals surface area contributed by atoms with E-state index in [1.54, 1.807) is 0 Å². The van der Waals surface area contributed by atoms with Gasteiger partial charge in [-0.2, -0.15) is 0 Å². The van der Waals surface area contributed by atoms with Crippen molar-refractivity contribution in [3.63, 3.8) is 0 Å². The molecule has 18 heavy (non-hydrogen) atoms. The van der Waals surface area contributed by atoms with E-state index in [0.717, 1.165) is 21.3 Å². The van der Waals surface area contributed by atoms with Crippen LogP contribution in [0.2, 0.25) is 0 Å². The van der Waals surface area contributed by atoms with Gasteiger partial charge in [-0.3, -0.25) is 4.79 Å². The number of carbonyl (C=O) groups is 1. The van der Waals surface area contributed by atoms with E-state index < -0.39 is 0 Å². The summed E-state index contributed by atoms with van der Waals surface area (Å²) < 4.78 is 0.970. The quantitative estimate of drug-likeness (QED) is 0.914. The van der Waals surface area contributed by atoms with Crippen molar-refractivity contribution in [3.05, 3.63) is 64.1 Å². The van der Waals surface area contributed by atoms with Crippen LogP contribution >= 0.6 is 15.9 Å². The Balaban J connectivity index is 2.03. The first kappa shape index (κ1) is 12.8. The highest BCUT2D eigenvalue weighted by atomic mass is 79.9. The van der Waals surface area contributed by atoms with Crippen LogP contribution in [-0.4, -0.2) is 5.91 Å². The predicted molar refractivity (Wildman–Crippen MR) is 77.7 cm³/mol. The van der Waals surface area contributed by atoms with E-state index in [2.05, 4.69) is 21.2 Å². The first-order valence-electron chi connectivity index (χ1n) is 5.74. The molecule has 0 bridgehead atoms. The fourth-order valence-corrected chi connectivity index (χ4v) is 2.40. The van der Waals surface area contributed by atoms with Crippen LogP contribution in [0.3, 0.4) is 0 Å². The highest BCUT2D eigenvalue weighted by Gasteiger charge is 2.04. The van der Waals surface area contributed by atoms with Crippen LogP contribution in [-0.2, 0) is 11.2 Å². The van der Waals surface area contributed by atoms with Gasteiger partial charge in [0.2, 0.25) is 5.91 Å². The Morgan fingerprint density at radius 1 is 1.17 bits per heavy atom. The molecule has 0 fully saturated rings. The van der Waals surface area contributed by atoms with Crippen LogP contribution in [0.25, 0.3) is 0 Å². The molecule has 0 spiro atoms. The van der Waals surface area contributed by atoms with Crippen LogP contribution in [0.5, 0.6) is 0 Å². The highest BCUT2D eigenvalue weighted by molar-refractivity contribution is 9.10. The Labute approximate surface area is 115 Å². The lowest BCUT2D eigenvalue weighted by Crippen LogP contribution is -2.14. The number of hydrogen-bond acceptors (Lipinski definition) is 1. The van der Waals surface area contributed by atoms with E-state index >= 15 is 0 Å². The molecule has 1 N–H and O–H groups in total. The Hall–Kier alpha value is -1.61. The fraction of sp³-hybridized carbons (Fsp3) is 0.133. The zero-order chi connectivity index (χ0) is 13.0. The van der Waals surface area contributed by atoms with Crippen molar-refractivity contribution in [3.8, 4) is 0 Å². The van der Waals surface area contributed by atoms with E-state index in [9.17, 15) is 4.79 Å². The second-order valence-electron chi connectivity index (χ2n) is 4.23. The number of nitrogens with one attached hydrogen (secondary N) is 1. The molecule has 0 unspecified atom stereocenters. The van der Waals surface area contributed by atoms with Gasteiger partial charge in [0.25, 0.3) is 0 Å². The summed E-state index contributed by atoms with van der Waals surface area (Å²) in [6, 6.07) is 15.6. The van der Waals surface area contributed by atoms with Crippen LogP contribution in [0, 0.1) is 6.92 Å². The molecule has 0 saturated carbocycles. The maximum Gasteiger partial charge on any atom is 0.228 e. The molecule has 0 heterocycles. The molecule has 0 atom stereocenters. The van der Waals surface area contributed by atoms with Crippen LogP contribution < -0.4 is 5.32 Å². The lowest BCUT2D eigenvalue weighted by atomic mass is 10.1. The van der Waals surface area contributed by atoms with E-state index in [-0.39, 0.29) is 5.91 Å². The van der Waals surface area contributed by atoms with Crippen molar-refractivity contribution in [2.24, 2.45) is 0 Å². The number of carbonyl (C=O) groups excluding carboxylic acids is 1. The van der Waals surface area contributed by atoms with Gasteiger partial charge in [-0.15, -0.1) is 0 Å². The second-order valence-corrected chi connectivity index (χ2v) is 5.14. The number of anilines is 1. The number of hydrogen-bond donors (Lipinski definition) is 1. The molecule has 2 aromatic rings. The Morgan fingerprint density at radius 3 is 2.56 bits per heavy atom.